The molecule has 3 rings (SSSR count). The number of piperidine rings is 1. The van der Waals surface area contributed by atoms with Crippen LogP contribution in [0.3, 0.4) is 0 Å². The molecule has 0 aliphatic carbocycles. The van der Waals surface area contributed by atoms with Gasteiger partial charge in [0.25, 0.3) is 11.8 Å². The molecule has 1 aromatic rings. The molecular weight excluding hydrogens is 388 g/mol. The van der Waals surface area contributed by atoms with E-state index in [0.29, 0.717) is 18.8 Å². The molecule has 30 heavy (non-hydrogen) atoms. The normalized spacial score (nSPS) is 18.3. The number of unbranched alkanes of at least 4 members (excludes halogenated alkanes) is 3. The molecule has 0 bridgehead atoms. The molecule has 1 aromatic carbocycles. The van der Waals surface area contributed by atoms with Gasteiger partial charge in [0.2, 0.25) is 17.7 Å². The van der Waals surface area contributed by atoms with Gasteiger partial charge in [0.15, 0.2) is 0 Å². The second-order valence-corrected chi connectivity index (χ2v) is 7.50. The Labute approximate surface area is 174 Å². The summed E-state index contributed by atoms with van der Waals surface area (Å²) >= 11 is 0. The summed E-state index contributed by atoms with van der Waals surface area (Å²) in [4.78, 5) is 61.1. The summed E-state index contributed by atoms with van der Waals surface area (Å²) in [6.07, 6.45) is 3.97. The van der Waals surface area contributed by atoms with Crippen LogP contribution in [0, 0.1) is 0 Å². The standard InChI is InChI=1S/C21H26N4O5/c1-13(26)22-11-4-2-3-5-12-23-15-8-6-7-14-18(15)21(30)25(20(14)29)16-9-10-17(27)24-19(16)28/h6-8,16,23H,2-5,9-12H2,1H3,(H,22,26)(H,24,27,28). The fourth-order valence-corrected chi connectivity index (χ4v) is 3.75. The average molecular weight is 414 g/mol. The van der Waals surface area contributed by atoms with E-state index >= 15 is 0 Å². The van der Waals surface area contributed by atoms with Gasteiger partial charge in [-0.05, 0) is 31.4 Å². The highest BCUT2D eigenvalue weighted by atomic mass is 16.2. The van der Waals surface area contributed by atoms with Crippen molar-refractivity contribution in [2.75, 3.05) is 18.4 Å². The van der Waals surface area contributed by atoms with E-state index in [2.05, 4.69) is 16.0 Å². The molecule has 0 spiro atoms. The second-order valence-electron chi connectivity index (χ2n) is 7.50. The van der Waals surface area contributed by atoms with Crippen molar-refractivity contribution in [3.63, 3.8) is 0 Å². The van der Waals surface area contributed by atoms with Crippen LogP contribution >= 0.6 is 0 Å². The molecule has 0 saturated carbocycles. The summed E-state index contributed by atoms with van der Waals surface area (Å²) in [5.41, 5.74) is 1.11. The SMILES string of the molecule is CC(=O)NCCCCCCNc1cccc2c1C(=O)N(C1CCC(=O)NC1=O)C2=O. The fraction of sp³-hybridized carbons (Fsp3) is 0.476. The van der Waals surface area contributed by atoms with Gasteiger partial charge in [-0.25, -0.2) is 0 Å². The number of carbonyl (C=O) groups is 5. The number of benzene rings is 1. The van der Waals surface area contributed by atoms with Crippen LogP contribution < -0.4 is 16.0 Å². The lowest BCUT2D eigenvalue weighted by molar-refractivity contribution is -0.136. The minimum Gasteiger partial charge on any atom is -0.384 e. The highest BCUT2D eigenvalue weighted by molar-refractivity contribution is 6.25. The van der Waals surface area contributed by atoms with E-state index in [-0.39, 0.29) is 29.9 Å². The quantitative estimate of drug-likeness (QED) is 0.412. The van der Waals surface area contributed by atoms with E-state index in [1.165, 1.54) is 6.92 Å². The van der Waals surface area contributed by atoms with E-state index in [4.69, 9.17) is 0 Å². The van der Waals surface area contributed by atoms with Crippen LogP contribution in [-0.2, 0) is 14.4 Å². The van der Waals surface area contributed by atoms with Crippen molar-refractivity contribution in [3.8, 4) is 0 Å². The minimum absolute atomic E-state index is 0.0276. The van der Waals surface area contributed by atoms with Crippen LogP contribution in [0.5, 0.6) is 0 Å². The number of hydrogen-bond acceptors (Lipinski definition) is 6. The zero-order valence-electron chi connectivity index (χ0n) is 17.0. The molecule has 9 heteroatoms. The zero-order chi connectivity index (χ0) is 21.7. The van der Waals surface area contributed by atoms with Crippen molar-refractivity contribution in [2.45, 2.75) is 51.5 Å². The molecular formula is C21H26N4O5. The van der Waals surface area contributed by atoms with Gasteiger partial charge in [0.1, 0.15) is 6.04 Å². The van der Waals surface area contributed by atoms with Crippen molar-refractivity contribution < 1.29 is 24.0 Å². The van der Waals surface area contributed by atoms with Gasteiger partial charge in [-0.2, -0.15) is 0 Å². The fourth-order valence-electron chi connectivity index (χ4n) is 3.75. The number of anilines is 1. The average Bonchev–Trinajstić information content (AvgIpc) is 2.95. The lowest BCUT2D eigenvalue weighted by Crippen LogP contribution is -2.54. The number of nitrogens with zero attached hydrogens (tertiary/aromatic N) is 1. The number of hydrogen-bond donors (Lipinski definition) is 3. The molecule has 2 heterocycles. The molecule has 3 N–H and O–H groups in total. The van der Waals surface area contributed by atoms with Gasteiger partial charge in [-0.1, -0.05) is 18.9 Å². The molecule has 9 nitrogen and oxygen atoms in total. The lowest BCUT2D eigenvalue weighted by atomic mass is 10.0. The van der Waals surface area contributed by atoms with Crippen molar-refractivity contribution in [1.82, 2.24) is 15.5 Å². The Morgan fingerprint density at radius 1 is 1.07 bits per heavy atom. The number of amides is 5. The first-order valence-electron chi connectivity index (χ1n) is 10.2. The van der Waals surface area contributed by atoms with Crippen LogP contribution in [0.25, 0.3) is 0 Å². The summed E-state index contributed by atoms with van der Waals surface area (Å²) in [7, 11) is 0. The molecule has 2 aliphatic heterocycles. The summed E-state index contributed by atoms with van der Waals surface area (Å²) in [6, 6.07) is 4.06. The predicted octanol–water partition coefficient (Wildman–Crippen LogP) is 1.20. The van der Waals surface area contributed by atoms with Crippen LogP contribution in [0.2, 0.25) is 0 Å². The maximum Gasteiger partial charge on any atom is 0.264 e. The lowest BCUT2D eigenvalue weighted by Gasteiger charge is -2.27. The van der Waals surface area contributed by atoms with Gasteiger partial charge in [0, 0.05) is 32.1 Å². The van der Waals surface area contributed by atoms with E-state index < -0.39 is 29.7 Å². The van der Waals surface area contributed by atoms with Gasteiger partial charge in [-0.3, -0.25) is 34.2 Å². The topological polar surface area (TPSA) is 125 Å². The number of fused-ring (bicyclic) bond motifs is 1. The maximum absolute atomic E-state index is 13.0. The number of rotatable bonds is 9. The largest absolute Gasteiger partial charge is 0.384 e. The third kappa shape index (κ3) is 4.67. The molecule has 0 radical (unpaired) electrons. The first-order valence-corrected chi connectivity index (χ1v) is 10.2. The van der Waals surface area contributed by atoms with Crippen LogP contribution in [0.1, 0.15) is 66.2 Å². The summed E-state index contributed by atoms with van der Waals surface area (Å²) < 4.78 is 0. The van der Waals surface area contributed by atoms with Crippen LogP contribution in [0.15, 0.2) is 18.2 Å². The third-order valence-electron chi connectivity index (χ3n) is 5.26. The Morgan fingerprint density at radius 3 is 2.50 bits per heavy atom. The zero-order valence-corrected chi connectivity index (χ0v) is 17.0. The monoisotopic (exact) mass is 414 g/mol. The predicted molar refractivity (Wildman–Crippen MR) is 109 cm³/mol. The Balaban J connectivity index is 1.58. The highest BCUT2D eigenvalue weighted by Gasteiger charge is 2.45. The van der Waals surface area contributed by atoms with E-state index in [1.54, 1.807) is 18.2 Å². The molecule has 2 aliphatic rings. The minimum atomic E-state index is -0.966. The van der Waals surface area contributed by atoms with Crippen molar-refractivity contribution in [2.24, 2.45) is 0 Å². The number of imide groups is 2. The van der Waals surface area contributed by atoms with Crippen LogP contribution in [0.4, 0.5) is 5.69 Å². The summed E-state index contributed by atoms with van der Waals surface area (Å²) in [5, 5.41) is 8.18. The molecule has 1 unspecified atom stereocenters. The molecule has 5 amide bonds. The van der Waals surface area contributed by atoms with Gasteiger partial charge < -0.3 is 10.6 Å². The Hall–Kier alpha value is -3.23. The maximum atomic E-state index is 13.0. The Kier molecular flexibility index (Phi) is 6.81. The summed E-state index contributed by atoms with van der Waals surface area (Å²) in [6.45, 7) is 2.80. The first kappa shape index (κ1) is 21.5. The molecule has 1 fully saturated rings. The van der Waals surface area contributed by atoms with E-state index in [9.17, 15) is 24.0 Å². The highest BCUT2D eigenvalue weighted by Crippen LogP contribution is 2.32. The molecule has 160 valence electrons. The smallest absolute Gasteiger partial charge is 0.264 e. The van der Waals surface area contributed by atoms with Crippen molar-refractivity contribution in [1.29, 1.82) is 0 Å². The Bertz CT molecular complexity index is 882. The van der Waals surface area contributed by atoms with Gasteiger partial charge >= 0.3 is 0 Å². The van der Waals surface area contributed by atoms with Gasteiger partial charge in [0.05, 0.1) is 11.1 Å². The number of carbonyl (C=O) groups excluding carboxylic acids is 5. The third-order valence-corrected chi connectivity index (χ3v) is 5.26. The van der Waals surface area contributed by atoms with Gasteiger partial charge in [-0.15, -0.1) is 0 Å². The van der Waals surface area contributed by atoms with Crippen molar-refractivity contribution >= 4 is 35.2 Å². The molecule has 0 aromatic heterocycles. The number of nitrogens with one attached hydrogen (secondary N) is 3. The molecule has 1 atom stereocenters. The second kappa shape index (κ2) is 9.51. The first-order chi connectivity index (χ1) is 14.4. The van der Waals surface area contributed by atoms with E-state index in [1.807, 2.05) is 0 Å². The summed E-state index contributed by atoms with van der Waals surface area (Å²) in [5.74, 6) is -2.06. The Morgan fingerprint density at radius 2 is 1.80 bits per heavy atom. The van der Waals surface area contributed by atoms with Crippen molar-refractivity contribution in [3.05, 3.63) is 29.3 Å². The molecule has 1 saturated heterocycles. The van der Waals surface area contributed by atoms with E-state index in [0.717, 1.165) is 30.6 Å². The van der Waals surface area contributed by atoms with Crippen LogP contribution in [-0.4, -0.2) is 53.6 Å².